The summed E-state index contributed by atoms with van der Waals surface area (Å²) in [5.74, 6) is 0.585. The fraction of sp³-hybridized carbons (Fsp3) is 0.462. The topological polar surface area (TPSA) is 36.4 Å². The van der Waals surface area contributed by atoms with E-state index in [2.05, 4.69) is 15.6 Å². The predicted octanol–water partition coefficient (Wildman–Crippen LogP) is 2.21. The van der Waals surface area contributed by atoms with E-state index < -0.39 is 0 Å². The van der Waals surface area contributed by atoms with Gasteiger partial charge in [0.25, 0.3) is 0 Å². The zero-order valence-corrected chi connectivity index (χ0v) is 10.7. The van der Waals surface area contributed by atoms with Gasteiger partial charge in [0.1, 0.15) is 5.82 Å². The monoisotopic (exact) mass is 237 g/mol. The van der Waals surface area contributed by atoms with Crippen LogP contribution in [0.4, 0.5) is 4.39 Å². The molecule has 17 heavy (non-hydrogen) atoms. The molecule has 0 amide bonds. The maximum atomic E-state index is 13.3. The summed E-state index contributed by atoms with van der Waals surface area (Å²) in [6.45, 7) is 7.89. The van der Waals surface area contributed by atoms with Crippen molar-refractivity contribution in [2.24, 2.45) is 4.99 Å². The Hall–Kier alpha value is -1.58. The lowest BCUT2D eigenvalue weighted by atomic mass is 10.1. The summed E-state index contributed by atoms with van der Waals surface area (Å²) in [6.07, 6.45) is 0. The second-order valence-corrected chi connectivity index (χ2v) is 3.81. The third-order valence-electron chi connectivity index (χ3n) is 2.34. The standard InChI is InChI=1S/C13H20FN3/c1-4-15-13(16-5-2)17-9-11-7-6-10(3)12(14)8-11/h6-8H,4-5,9H2,1-3H3,(H2,15,16,17). The van der Waals surface area contributed by atoms with Crippen LogP contribution < -0.4 is 10.6 Å². The molecule has 94 valence electrons. The number of hydrogen-bond donors (Lipinski definition) is 2. The minimum Gasteiger partial charge on any atom is -0.357 e. The lowest BCUT2D eigenvalue weighted by molar-refractivity contribution is 0.616. The van der Waals surface area contributed by atoms with Crippen molar-refractivity contribution in [2.45, 2.75) is 27.3 Å². The highest BCUT2D eigenvalue weighted by Crippen LogP contribution is 2.09. The van der Waals surface area contributed by atoms with Crippen molar-refractivity contribution < 1.29 is 4.39 Å². The summed E-state index contributed by atoms with van der Waals surface area (Å²) in [5.41, 5.74) is 1.54. The molecule has 4 heteroatoms. The van der Waals surface area contributed by atoms with E-state index in [-0.39, 0.29) is 5.82 Å². The highest BCUT2D eigenvalue weighted by atomic mass is 19.1. The van der Waals surface area contributed by atoms with Crippen LogP contribution in [0.1, 0.15) is 25.0 Å². The van der Waals surface area contributed by atoms with Gasteiger partial charge in [0, 0.05) is 13.1 Å². The Morgan fingerprint density at radius 1 is 1.24 bits per heavy atom. The van der Waals surface area contributed by atoms with Crippen molar-refractivity contribution in [1.29, 1.82) is 0 Å². The lowest BCUT2D eigenvalue weighted by Gasteiger charge is -2.09. The Kier molecular flexibility index (Phi) is 5.46. The molecule has 0 atom stereocenters. The molecule has 0 fully saturated rings. The first-order chi connectivity index (χ1) is 8.17. The minimum absolute atomic E-state index is 0.175. The summed E-state index contributed by atoms with van der Waals surface area (Å²) < 4.78 is 13.3. The number of hydrogen-bond acceptors (Lipinski definition) is 1. The molecule has 0 aromatic heterocycles. The highest BCUT2D eigenvalue weighted by Gasteiger charge is 1.99. The Morgan fingerprint density at radius 2 is 1.88 bits per heavy atom. The van der Waals surface area contributed by atoms with Gasteiger partial charge in [-0.05, 0) is 38.0 Å². The van der Waals surface area contributed by atoms with Gasteiger partial charge >= 0.3 is 0 Å². The molecule has 0 heterocycles. The Bertz CT molecular complexity index is 380. The van der Waals surface area contributed by atoms with Gasteiger partial charge < -0.3 is 10.6 Å². The fourth-order valence-electron chi connectivity index (χ4n) is 1.41. The SMILES string of the molecule is CCNC(=NCc1ccc(C)c(F)c1)NCC. The zero-order valence-electron chi connectivity index (χ0n) is 10.7. The first-order valence-electron chi connectivity index (χ1n) is 5.94. The number of nitrogens with one attached hydrogen (secondary N) is 2. The van der Waals surface area contributed by atoms with Crippen molar-refractivity contribution in [2.75, 3.05) is 13.1 Å². The number of benzene rings is 1. The summed E-state index contributed by atoms with van der Waals surface area (Å²) in [7, 11) is 0. The van der Waals surface area contributed by atoms with E-state index in [1.54, 1.807) is 13.0 Å². The first kappa shape index (κ1) is 13.5. The summed E-state index contributed by atoms with van der Waals surface area (Å²) in [4.78, 5) is 4.37. The van der Waals surface area contributed by atoms with Gasteiger partial charge in [0.05, 0.1) is 6.54 Å². The van der Waals surface area contributed by atoms with E-state index >= 15 is 0 Å². The Balaban J connectivity index is 2.68. The molecule has 0 aliphatic rings. The van der Waals surface area contributed by atoms with Crippen LogP contribution in [0.25, 0.3) is 0 Å². The number of guanidine groups is 1. The van der Waals surface area contributed by atoms with Gasteiger partial charge in [-0.1, -0.05) is 12.1 Å². The molecule has 2 N–H and O–H groups in total. The molecule has 0 unspecified atom stereocenters. The number of aryl methyl sites for hydroxylation is 1. The summed E-state index contributed by atoms with van der Waals surface area (Å²) >= 11 is 0. The Morgan fingerprint density at radius 3 is 2.41 bits per heavy atom. The van der Waals surface area contributed by atoms with Crippen LogP contribution in [0.2, 0.25) is 0 Å². The molecule has 3 nitrogen and oxygen atoms in total. The lowest BCUT2D eigenvalue weighted by Crippen LogP contribution is -2.36. The molecule has 0 aliphatic carbocycles. The number of aliphatic imine (C=N–C) groups is 1. The van der Waals surface area contributed by atoms with Crippen LogP contribution in [0, 0.1) is 12.7 Å². The van der Waals surface area contributed by atoms with Gasteiger partial charge in [0.2, 0.25) is 0 Å². The van der Waals surface area contributed by atoms with Gasteiger partial charge in [0.15, 0.2) is 5.96 Å². The number of halogens is 1. The average Bonchev–Trinajstić information content (AvgIpc) is 2.31. The molecular weight excluding hydrogens is 217 g/mol. The quantitative estimate of drug-likeness (QED) is 0.622. The van der Waals surface area contributed by atoms with Crippen molar-refractivity contribution in [3.63, 3.8) is 0 Å². The number of nitrogens with zero attached hydrogens (tertiary/aromatic N) is 1. The minimum atomic E-state index is -0.175. The molecular formula is C13H20FN3. The van der Waals surface area contributed by atoms with Crippen molar-refractivity contribution in [1.82, 2.24) is 10.6 Å². The largest absolute Gasteiger partial charge is 0.357 e. The van der Waals surface area contributed by atoms with Gasteiger partial charge in [-0.3, -0.25) is 0 Å². The summed E-state index contributed by atoms with van der Waals surface area (Å²) in [6, 6.07) is 5.21. The average molecular weight is 237 g/mol. The van der Waals surface area contributed by atoms with E-state index in [4.69, 9.17) is 0 Å². The van der Waals surface area contributed by atoms with Gasteiger partial charge in [-0.25, -0.2) is 9.38 Å². The first-order valence-corrected chi connectivity index (χ1v) is 5.94. The summed E-state index contributed by atoms with van der Waals surface area (Å²) in [5, 5.41) is 6.25. The van der Waals surface area contributed by atoms with Crippen LogP contribution in [0.15, 0.2) is 23.2 Å². The third-order valence-corrected chi connectivity index (χ3v) is 2.34. The smallest absolute Gasteiger partial charge is 0.191 e. The van der Waals surface area contributed by atoms with Crippen LogP contribution in [-0.4, -0.2) is 19.0 Å². The third kappa shape index (κ3) is 4.43. The second-order valence-electron chi connectivity index (χ2n) is 3.81. The van der Waals surface area contributed by atoms with Crippen molar-refractivity contribution in [3.8, 4) is 0 Å². The molecule has 0 bridgehead atoms. The van der Waals surface area contributed by atoms with E-state index in [0.717, 1.165) is 24.6 Å². The van der Waals surface area contributed by atoms with Crippen LogP contribution >= 0.6 is 0 Å². The predicted molar refractivity (Wildman–Crippen MR) is 69.6 cm³/mol. The van der Waals surface area contributed by atoms with Gasteiger partial charge in [-0.2, -0.15) is 0 Å². The van der Waals surface area contributed by atoms with Crippen LogP contribution in [-0.2, 0) is 6.54 Å². The molecule has 1 rings (SSSR count). The molecule has 1 aromatic rings. The van der Waals surface area contributed by atoms with Crippen LogP contribution in [0.3, 0.4) is 0 Å². The number of rotatable bonds is 4. The van der Waals surface area contributed by atoms with Crippen molar-refractivity contribution >= 4 is 5.96 Å². The molecule has 1 aromatic carbocycles. The normalized spacial score (nSPS) is 9.88. The fourth-order valence-corrected chi connectivity index (χ4v) is 1.41. The molecule has 0 spiro atoms. The Labute approximate surface area is 102 Å². The van der Waals surface area contributed by atoms with E-state index in [1.165, 1.54) is 6.07 Å². The molecule has 0 saturated carbocycles. The second kappa shape index (κ2) is 6.89. The maximum Gasteiger partial charge on any atom is 0.191 e. The van der Waals surface area contributed by atoms with E-state index in [9.17, 15) is 4.39 Å². The van der Waals surface area contributed by atoms with E-state index in [0.29, 0.717) is 12.1 Å². The molecule has 0 radical (unpaired) electrons. The van der Waals surface area contributed by atoms with E-state index in [1.807, 2.05) is 19.9 Å². The van der Waals surface area contributed by atoms with Gasteiger partial charge in [-0.15, -0.1) is 0 Å². The molecule has 0 saturated heterocycles. The molecule has 0 aliphatic heterocycles. The zero-order chi connectivity index (χ0) is 12.7. The van der Waals surface area contributed by atoms with Crippen molar-refractivity contribution in [3.05, 3.63) is 35.1 Å². The van der Waals surface area contributed by atoms with Crippen LogP contribution in [0.5, 0.6) is 0 Å². The maximum absolute atomic E-state index is 13.3. The highest BCUT2D eigenvalue weighted by molar-refractivity contribution is 5.79.